The normalized spacial score (nSPS) is 22.4. The highest BCUT2D eigenvalue weighted by Gasteiger charge is 2.54. The highest BCUT2D eigenvalue weighted by Crippen LogP contribution is 2.41. The van der Waals surface area contributed by atoms with Crippen molar-refractivity contribution in [3.05, 3.63) is 64.3 Å². The van der Waals surface area contributed by atoms with Crippen LogP contribution in [-0.4, -0.2) is 95.9 Å². The minimum atomic E-state index is -1.27. The van der Waals surface area contributed by atoms with Crippen molar-refractivity contribution >= 4 is 51.7 Å². The summed E-state index contributed by atoms with van der Waals surface area (Å²) >= 11 is 2.44. The Labute approximate surface area is 284 Å². The Morgan fingerprint density at radius 1 is 1.31 bits per heavy atom. The lowest BCUT2D eigenvalue weighted by atomic mass is 10.0. The van der Waals surface area contributed by atoms with Crippen molar-refractivity contribution in [1.29, 1.82) is 0 Å². The first kappa shape index (κ1) is 34.6. The Morgan fingerprint density at radius 3 is 2.69 bits per heavy atom. The number of fused-ring (bicyclic) bond motifs is 1. The fraction of sp³-hybridized carbons (Fsp3) is 0.393. The van der Waals surface area contributed by atoms with Crippen LogP contribution in [0.25, 0.3) is 0 Å². The number of β-lactam (4-membered cyclic amide) rings is 1. The van der Waals surface area contributed by atoms with Gasteiger partial charge in [0.05, 0.1) is 21.2 Å². The second-order valence-electron chi connectivity index (χ2n) is 10.5. The molecule has 242 valence electrons. The number of ether oxygens (including phenoxy) is 2. The first-order valence-electron chi connectivity index (χ1n) is 13.6. The minimum Gasteiger partial charge on any atom is -1.00 e. The van der Waals surface area contributed by atoms with Gasteiger partial charge in [0.1, 0.15) is 47.8 Å². The standard InChI is InChI=1S/C28H31FN6O7S2.HI/c1-35(2)11-10-19(42-35)9-6-17-13-43-26-22(32-24(36)21(33-41-15-29)20-14-44-28(30)31-20)25(37)34(26)23(17)27(38)40-12-16-4-7-18(39-3)8-5-16;/h4-9,14,19,22,26H,10-13,15H2,1-3H3,(H2-,30,31,32,36);1H/b9-6+,33-21-;/t19?,22-,26-;/m1./s1. The number of allylic oxidation sites excluding steroid dienone is 1. The van der Waals surface area contributed by atoms with Gasteiger partial charge in [-0.3, -0.25) is 14.5 Å². The summed E-state index contributed by atoms with van der Waals surface area (Å²) in [6.45, 7) is -0.453. The number of thioether (sulfide) groups is 1. The summed E-state index contributed by atoms with van der Waals surface area (Å²) in [7, 11) is 5.49. The SMILES string of the molecule is COc1ccc(COC(=O)C2=C(/C=C/C3CC[N+](C)(C)O3)CS[C@@H]3[C@H](NC(=O)/C(=N\OCF)c4csc(N)n4)C(=O)N23)cc1.[I-]. The molecule has 0 aliphatic carbocycles. The van der Waals surface area contributed by atoms with Crippen LogP contribution in [0, 0.1) is 0 Å². The van der Waals surface area contributed by atoms with Gasteiger partial charge >= 0.3 is 5.97 Å². The van der Waals surface area contributed by atoms with E-state index in [0.717, 1.165) is 29.9 Å². The second kappa shape index (κ2) is 14.9. The van der Waals surface area contributed by atoms with E-state index in [1.807, 2.05) is 20.2 Å². The van der Waals surface area contributed by atoms with Crippen LogP contribution in [0.1, 0.15) is 17.7 Å². The zero-order chi connectivity index (χ0) is 31.4. The summed E-state index contributed by atoms with van der Waals surface area (Å²) in [5.41, 5.74) is 6.85. The molecular formula is C28H32FIN6O7S2. The number of hydroxylamine groups is 3. The lowest BCUT2D eigenvalue weighted by Crippen LogP contribution is -3.00. The largest absolute Gasteiger partial charge is 1.00 e. The zero-order valence-electron chi connectivity index (χ0n) is 24.6. The molecule has 1 aromatic carbocycles. The number of nitrogens with two attached hydrogens (primary N) is 1. The second-order valence-corrected chi connectivity index (χ2v) is 12.5. The summed E-state index contributed by atoms with van der Waals surface area (Å²) in [5, 5.41) is 7.19. The molecule has 0 bridgehead atoms. The topological polar surface area (TPSA) is 155 Å². The number of carbonyl (C=O) groups excluding carboxylic acids is 3. The van der Waals surface area contributed by atoms with E-state index in [1.165, 1.54) is 22.0 Å². The number of nitrogens with zero attached hydrogens (tertiary/aromatic N) is 4. The average molecular weight is 775 g/mol. The monoisotopic (exact) mass is 774 g/mol. The third-order valence-electron chi connectivity index (χ3n) is 7.08. The van der Waals surface area contributed by atoms with Crippen molar-refractivity contribution in [2.24, 2.45) is 5.16 Å². The first-order chi connectivity index (χ1) is 21.1. The first-order valence-corrected chi connectivity index (χ1v) is 15.5. The molecule has 2 aromatic rings. The predicted octanol–water partition coefficient (Wildman–Crippen LogP) is -0.880. The number of methoxy groups -OCH3 is 1. The lowest BCUT2D eigenvalue weighted by molar-refractivity contribution is -1.06. The van der Waals surface area contributed by atoms with Crippen molar-refractivity contribution in [3.63, 3.8) is 0 Å². The maximum absolute atomic E-state index is 13.5. The number of anilines is 1. The number of alkyl halides is 1. The van der Waals surface area contributed by atoms with E-state index in [9.17, 15) is 18.8 Å². The molecule has 2 saturated heterocycles. The number of hydrogen-bond donors (Lipinski definition) is 2. The Bertz CT molecular complexity index is 1520. The van der Waals surface area contributed by atoms with E-state index >= 15 is 0 Å². The number of hydrogen-bond acceptors (Lipinski definition) is 12. The minimum absolute atomic E-state index is 0. The summed E-state index contributed by atoms with van der Waals surface area (Å²) < 4.78 is 23.9. The van der Waals surface area contributed by atoms with E-state index in [1.54, 1.807) is 37.5 Å². The van der Waals surface area contributed by atoms with Crippen LogP contribution in [0.2, 0.25) is 0 Å². The molecule has 3 atom stereocenters. The van der Waals surface area contributed by atoms with Crippen molar-refractivity contribution in [1.82, 2.24) is 15.2 Å². The van der Waals surface area contributed by atoms with Gasteiger partial charge in [0.25, 0.3) is 18.7 Å². The molecule has 2 amide bonds. The van der Waals surface area contributed by atoms with E-state index in [0.29, 0.717) is 21.7 Å². The molecule has 45 heavy (non-hydrogen) atoms. The predicted molar refractivity (Wildman–Crippen MR) is 161 cm³/mol. The smallest absolute Gasteiger partial charge is 0.355 e. The van der Waals surface area contributed by atoms with Gasteiger partial charge in [-0.2, -0.15) is 9.48 Å². The van der Waals surface area contributed by atoms with Gasteiger partial charge in [0.2, 0.25) is 0 Å². The fourth-order valence-corrected chi connectivity index (χ4v) is 6.73. The van der Waals surface area contributed by atoms with Crippen LogP contribution < -0.4 is 39.8 Å². The number of carbonyl (C=O) groups is 3. The van der Waals surface area contributed by atoms with E-state index in [4.69, 9.17) is 20.0 Å². The number of esters is 1. The number of amides is 2. The molecule has 5 rings (SSSR count). The van der Waals surface area contributed by atoms with E-state index in [-0.39, 0.29) is 58.9 Å². The fourth-order valence-electron chi connectivity index (χ4n) is 4.86. The molecule has 3 aliphatic rings. The number of nitrogens with one attached hydrogen (secondary N) is 1. The molecule has 1 aromatic heterocycles. The van der Waals surface area contributed by atoms with Crippen LogP contribution in [0.3, 0.4) is 0 Å². The zero-order valence-corrected chi connectivity index (χ0v) is 28.4. The van der Waals surface area contributed by atoms with Gasteiger partial charge < -0.3 is 49.3 Å². The third kappa shape index (κ3) is 7.94. The maximum Gasteiger partial charge on any atom is 0.355 e. The van der Waals surface area contributed by atoms with Crippen LogP contribution >= 0.6 is 23.1 Å². The van der Waals surface area contributed by atoms with Gasteiger partial charge in [0, 0.05) is 17.6 Å². The molecular weight excluding hydrogens is 742 g/mol. The molecule has 0 spiro atoms. The summed E-state index contributed by atoms with van der Waals surface area (Å²) in [6, 6.07) is 6.08. The quantitative estimate of drug-likeness (QED) is 0.0736. The highest BCUT2D eigenvalue weighted by atomic mass is 127. The van der Waals surface area contributed by atoms with Gasteiger partial charge in [-0.15, -0.1) is 23.1 Å². The molecule has 1 unspecified atom stereocenters. The van der Waals surface area contributed by atoms with Crippen LogP contribution in [0.5, 0.6) is 5.75 Å². The van der Waals surface area contributed by atoms with Crippen molar-refractivity contribution < 1.29 is 66.5 Å². The summed E-state index contributed by atoms with van der Waals surface area (Å²) in [6.07, 6.45) is 4.34. The molecule has 13 nitrogen and oxygen atoms in total. The number of quaternary nitrogens is 1. The Hall–Kier alpha value is -3.26. The third-order valence-corrected chi connectivity index (χ3v) is 9.05. The lowest BCUT2D eigenvalue weighted by Gasteiger charge is -2.49. The van der Waals surface area contributed by atoms with E-state index in [2.05, 4.69) is 20.3 Å². The van der Waals surface area contributed by atoms with Crippen LogP contribution in [0.4, 0.5) is 9.52 Å². The summed E-state index contributed by atoms with van der Waals surface area (Å²) in [5.74, 6) is -0.968. The molecule has 0 saturated carbocycles. The van der Waals surface area contributed by atoms with E-state index < -0.39 is 36.1 Å². The number of nitrogen functional groups attached to an aromatic ring is 1. The number of thiazole rings is 1. The van der Waals surface area contributed by atoms with Crippen LogP contribution in [0.15, 0.2) is 58.2 Å². The molecule has 17 heteroatoms. The van der Waals surface area contributed by atoms with Gasteiger partial charge in [0.15, 0.2) is 10.8 Å². The molecule has 0 radical (unpaired) electrons. The number of oxime groups is 1. The van der Waals surface area contributed by atoms with Gasteiger partial charge in [-0.1, -0.05) is 23.4 Å². The van der Waals surface area contributed by atoms with Gasteiger partial charge in [-0.05, 0) is 29.3 Å². The van der Waals surface area contributed by atoms with Crippen molar-refractivity contribution in [2.45, 2.75) is 30.5 Å². The molecule has 3 aliphatic heterocycles. The van der Waals surface area contributed by atoms with Gasteiger partial charge in [-0.25, -0.2) is 14.2 Å². The molecule has 3 N–H and O–H groups in total. The number of benzene rings is 1. The Kier molecular flexibility index (Phi) is 11.5. The Balaban J connectivity index is 0.00000461. The molecule has 4 heterocycles. The molecule has 2 fully saturated rings. The number of halogens is 2. The number of rotatable bonds is 11. The van der Waals surface area contributed by atoms with Crippen molar-refractivity contribution in [2.75, 3.05) is 46.1 Å². The van der Waals surface area contributed by atoms with Crippen molar-refractivity contribution in [3.8, 4) is 5.75 Å². The van der Waals surface area contributed by atoms with Crippen LogP contribution in [-0.2, 0) is 35.4 Å². The maximum atomic E-state index is 13.5. The number of aromatic nitrogens is 1. The summed E-state index contributed by atoms with van der Waals surface area (Å²) in [4.78, 5) is 55.9. The highest BCUT2D eigenvalue weighted by molar-refractivity contribution is 8.00. The Morgan fingerprint density at radius 2 is 2.07 bits per heavy atom. The average Bonchev–Trinajstić information content (AvgIpc) is 3.61.